The molecule has 0 amide bonds. The van der Waals surface area contributed by atoms with Gasteiger partial charge in [-0.05, 0) is 37.9 Å². The fourth-order valence-electron chi connectivity index (χ4n) is 2.34. The molecule has 0 saturated carbocycles. The summed E-state index contributed by atoms with van der Waals surface area (Å²) in [5.41, 5.74) is 0. The van der Waals surface area contributed by atoms with Gasteiger partial charge < -0.3 is 15.0 Å². The minimum absolute atomic E-state index is 0.680. The zero-order chi connectivity index (χ0) is 12.8. The van der Waals surface area contributed by atoms with Gasteiger partial charge in [-0.2, -0.15) is 0 Å². The Labute approximate surface area is 109 Å². The number of aromatic nitrogens is 1. The number of nitrogens with zero attached hydrogens (tertiary/aromatic N) is 2. The van der Waals surface area contributed by atoms with Crippen LogP contribution in [0.15, 0.2) is 18.3 Å². The highest BCUT2D eigenvalue weighted by Crippen LogP contribution is 2.19. The highest BCUT2D eigenvalue weighted by molar-refractivity contribution is 5.41. The molecule has 1 aliphatic rings. The van der Waals surface area contributed by atoms with E-state index in [-0.39, 0.29) is 0 Å². The summed E-state index contributed by atoms with van der Waals surface area (Å²) in [6, 6.07) is 4.70. The minimum atomic E-state index is 0.680. The molecule has 0 unspecified atom stereocenters. The zero-order valence-electron chi connectivity index (χ0n) is 11.4. The highest BCUT2D eigenvalue weighted by atomic mass is 16.5. The van der Waals surface area contributed by atoms with Gasteiger partial charge >= 0.3 is 0 Å². The minimum Gasteiger partial charge on any atom is -0.495 e. The fraction of sp³-hybridized carbons (Fsp3) is 0.643. The van der Waals surface area contributed by atoms with Crippen molar-refractivity contribution in [3.05, 3.63) is 18.3 Å². The molecule has 4 nitrogen and oxygen atoms in total. The summed E-state index contributed by atoms with van der Waals surface area (Å²) in [4.78, 5) is 6.79. The van der Waals surface area contributed by atoms with Crippen molar-refractivity contribution in [1.29, 1.82) is 0 Å². The molecule has 4 heteroatoms. The van der Waals surface area contributed by atoms with Gasteiger partial charge in [-0.15, -0.1) is 0 Å². The Hall–Kier alpha value is -1.29. The Morgan fingerprint density at radius 3 is 2.72 bits per heavy atom. The van der Waals surface area contributed by atoms with Crippen molar-refractivity contribution in [2.45, 2.75) is 32.2 Å². The Morgan fingerprint density at radius 1 is 1.39 bits per heavy atom. The summed E-state index contributed by atoms with van der Waals surface area (Å²) < 4.78 is 5.13. The fourth-order valence-corrected chi connectivity index (χ4v) is 2.34. The molecule has 1 aliphatic heterocycles. The van der Waals surface area contributed by atoms with Gasteiger partial charge in [0.05, 0.1) is 13.3 Å². The van der Waals surface area contributed by atoms with E-state index >= 15 is 0 Å². The van der Waals surface area contributed by atoms with Crippen LogP contribution in [0.5, 0.6) is 5.75 Å². The van der Waals surface area contributed by atoms with Crippen molar-refractivity contribution in [2.24, 2.45) is 0 Å². The molecular weight excluding hydrogens is 226 g/mol. The number of anilines is 1. The lowest BCUT2D eigenvalue weighted by molar-refractivity contribution is 0.409. The first-order chi connectivity index (χ1) is 8.83. The van der Waals surface area contributed by atoms with Gasteiger partial charge in [0.2, 0.25) is 0 Å². The predicted molar refractivity (Wildman–Crippen MR) is 74.3 cm³/mol. The van der Waals surface area contributed by atoms with Crippen molar-refractivity contribution < 1.29 is 4.74 Å². The average molecular weight is 249 g/mol. The third-order valence-corrected chi connectivity index (χ3v) is 3.46. The van der Waals surface area contributed by atoms with Crippen LogP contribution in [0.1, 0.15) is 26.2 Å². The molecule has 0 radical (unpaired) electrons. The molecule has 1 aromatic heterocycles. The maximum atomic E-state index is 5.13. The van der Waals surface area contributed by atoms with Crippen LogP contribution >= 0.6 is 0 Å². The second kappa shape index (κ2) is 6.59. The van der Waals surface area contributed by atoms with E-state index < -0.39 is 0 Å². The van der Waals surface area contributed by atoms with Crippen LogP contribution in [0.4, 0.5) is 5.82 Å². The van der Waals surface area contributed by atoms with E-state index in [4.69, 9.17) is 4.74 Å². The van der Waals surface area contributed by atoms with Crippen LogP contribution < -0.4 is 15.0 Å². The van der Waals surface area contributed by atoms with E-state index in [9.17, 15) is 0 Å². The maximum absolute atomic E-state index is 5.13. The molecule has 0 aliphatic carbocycles. The molecule has 1 saturated heterocycles. The van der Waals surface area contributed by atoms with Crippen molar-refractivity contribution in [3.63, 3.8) is 0 Å². The van der Waals surface area contributed by atoms with Gasteiger partial charge in [-0.1, -0.05) is 6.92 Å². The Morgan fingerprint density at radius 2 is 2.17 bits per heavy atom. The summed E-state index contributed by atoms with van der Waals surface area (Å²) in [6.07, 6.45) is 5.40. The molecule has 2 rings (SSSR count). The third kappa shape index (κ3) is 3.35. The summed E-state index contributed by atoms with van der Waals surface area (Å²) >= 11 is 0. The van der Waals surface area contributed by atoms with E-state index in [0.29, 0.717) is 6.04 Å². The summed E-state index contributed by atoms with van der Waals surface area (Å²) in [6.45, 7) is 5.51. The number of hydrogen-bond acceptors (Lipinski definition) is 4. The van der Waals surface area contributed by atoms with Gasteiger partial charge in [0.1, 0.15) is 11.6 Å². The average Bonchev–Trinajstić information content (AvgIpc) is 2.46. The molecule has 1 N–H and O–H groups in total. The largest absolute Gasteiger partial charge is 0.495 e. The van der Waals surface area contributed by atoms with E-state index in [1.165, 1.54) is 19.3 Å². The van der Waals surface area contributed by atoms with Gasteiger partial charge in [-0.3, -0.25) is 0 Å². The first-order valence-electron chi connectivity index (χ1n) is 6.82. The molecule has 18 heavy (non-hydrogen) atoms. The van der Waals surface area contributed by atoms with E-state index in [0.717, 1.165) is 31.2 Å². The monoisotopic (exact) mass is 249 g/mol. The summed E-state index contributed by atoms with van der Waals surface area (Å²) in [5, 5.41) is 3.59. The van der Waals surface area contributed by atoms with Gasteiger partial charge in [0.25, 0.3) is 0 Å². The Balaban J connectivity index is 1.84. The topological polar surface area (TPSA) is 37.4 Å². The molecule has 0 spiro atoms. The summed E-state index contributed by atoms with van der Waals surface area (Å²) in [7, 11) is 1.67. The van der Waals surface area contributed by atoms with E-state index in [1.54, 1.807) is 13.3 Å². The van der Waals surface area contributed by atoms with Crippen LogP contribution in [0.2, 0.25) is 0 Å². The number of rotatable bonds is 5. The molecule has 0 aromatic carbocycles. The van der Waals surface area contributed by atoms with Crippen LogP contribution in [0.3, 0.4) is 0 Å². The molecule has 1 aromatic rings. The van der Waals surface area contributed by atoms with Crippen molar-refractivity contribution in [2.75, 3.05) is 31.6 Å². The second-order valence-corrected chi connectivity index (χ2v) is 4.77. The molecule has 100 valence electrons. The number of pyridine rings is 1. The van der Waals surface area contributed by atoms with Crippen LogP contribution in [-0.4, -0.2) is 37.8 Å². The lowest BCUT2D eigenvalue weighted by Gasteiger charge is -2.33. The standard InChI is InChI=1S/C14H23N3O/c1-3-8-15-12-6-9-17(10-7-12)14-5-4-13(18-2)11-16-14/h4-5,11-12,15H,3,6-10H2,1-2H3. The lowest BCUT2D eigenvalue weighted by atomic mass is 10.0. The van der Waals surface area contributed by atoms with E-state index in [2.05, 4.69) is 22.1 Å². The quantitative estimate of drug-likeness (QED) is 0.866. The smallest absolute Gasteiger partial charge is 0.137 e. The molecule has 2 heterocycles. The Bertz CT molecular complexity index is 345. The second-order valence-electron chi connectivity index (χ2n) is 4.77. The molecule has 0 atom stereocenters. The highest BCUT2D eigenvalue weighted by Gasteiger charge is 2.19. The van der Waals surface area contributed by atoms with Crippen molar-refractivity contribution in [3.8, 4) is 5.75 Å². The van der Waals surface area contributed by atoms with Crippen molar-refractivity contribution >= 4 is 5.82 Å². The number of methoxy groups -OCH3 is 1. The van der Waals surface area contributed by atoms with Crippen LogP contribution in [-0.2, 0) is 0 Å². The summed E-state index contributed by atoms with van der Waals surface area (Å²) in [5.74, 6) is 1.88. The molecule has 1 fully saturated rings. The lowest BCUT2D eigenvalue weighted by Crippen LogP contribution is -2.43. The van der Waals surface area contributed by atoms with Gasteiger partial charge in [0, 0.05) is 19.1 Å². The number of nitrogens with one attached hydrogen (secondary N) is 1. The number of ether oxygens (including phenoxy) is 1. The first kappa shape index (κ1) is 13.1. The van der Waals surface area contributed by atoms with Crippen molar-refractivity contribution in [1.82, 2.24) is 10.3 Å². The van der Waals surface area contributed by atoms with Crippen LogP contribution in [0.25, 0.3) is 0 Å². The van der Waals surface area contributed by atoms with E-state index in [1.807, 2.05) is 12.1 Å². The van der Waals surface area contributed by atoms with Crippen LogP contribution in [0, 0.1) is 0 Å². The molecular formula is C14H23N3O. The van der Waals surface area contributed by atoms with Gasteiger partial charge in [-0.25, -0.2) is 4.98 Å². The SMILES string of the molecule is CCCNC1CCN(c2ccc(OC)cn2)CC1. The Kier molecular flexibility index (Phi) is 4.81. The normalized spacial score (nSPS) is 16.9. The van der Waals surface area contributed by atoms with Gasteiger partial charge in [0.15, 0.2) is 0 Å². The third-order valence-electron chi connectivity index (χ3n) is 3.46. The molecule has 0 bridgehead atoms. The number of piperidine rings is 1. The first-order valence-corrected chi connectivity index (χ1v) is 6.82. The predicted octanol–water partition coefficient (Wildman–Crippen LogP) is 2.06. The zero-order valence-corrected chi connectivity index (χ0v) is 11.4. The number of hydrogen-bond donors (Lipinski definition) is 1. The maximum Gasteiger partial charge on any atom is 0.137 e.